The number of rotatable bonds is 3. The van der Waals surface area contributed by atoms with E-state index in [2.05, 4.69) is 19.9 Å². The van der Waals surface area contributed by atoms with Crippen molar-refractivity contribution in [3.05, 3.63) is 58.0 Å². The van der Waals surface area contributed by atoms with Gasteiger partial charge in [-0.15, -0.1) is 0 Å². The molecule has 0 aliphatic rings. The molecule has 0 aliphatic carbocycles. The molecule has 3 rings (SSSR count). The number of hydrogen-bond acceptors (Lipinski definition) is 4. The molecule has 0 unspecified atom stereocenters. The van der Waals surface area contributed by atoms with Crippen LogP contribution < -0.4 is 5.56 Å². The van der Waals surface area contributed by atoms with Crippen LogP contribution in [0.5, 0.6) is 0 Å². The molecule has 1 aromatic carbocycles. The standard InChI is InChI=1S/C13H10N4O3/c18-12-7(13(19)20)6-14-10(17-12)5-11-15-8-3-1-2-4-9(8)16-11/h1-4,6H,5H2,(H,15,16)(H,19,20)(H,14,17,18). The number of nitrogens with one attached hydrogen (secondary N) is 2. The summed E-state index contributed by atoms with van der Waals surface area (Å²) in [5, 5.41) is 8.76. The van der Waals surface area contributed by atoms with E-state index in [1.54, 1.807) is 0 Å². The number of hydrogen-bond donors (Lipinski definition) is 3. The van der Waals surface area contributed by atoms with Gasteiger partial charge in [0, 0.05) is 6.20 Å². The number of aromatic nitrogens is 4. The predicted octanol–water partition coefficient (Wildman–Crippen LogP) is 0.935. The first-order valence-corrected chi connectivity index (χ1v) is 5.88. The fourth-order valence-electron chi connectivity index (χ4n) is 1.92. The summed E-state index contributed by atoms with van der Waals surface area (Å²) in [4.78, 5) is 36.1. The zero-order chi connectivity index (χ0) is 14.1. The Morgan fingerprint density at radius 3 is 2.70 bits per heavy atom. The largest absolute Gasteiger partial charge is 0.477 e. The van der Waals surface area contributed by atoms with E-state index in [0.29, 0.717) is 18.1 Å². The summed E-state index contributed by atoms with van der Waals surface area (Å²) >= 11 is 0. The highest BCUT2D eigenvalue weighted by molar-refractivity contribution is 5.86. The van der Waals surface area contributed by atoms with Crippen molar-refractivity contribution in [1.82, 2.24) is 19.9 Å². The molecule has 0 atom stereocenters. The summed E-state index contributed by atoms with van der Waals surface area (Å²) in [7, 11) is 0. The zero-order valence-electron chi connectivity index (χ0n) is 10.3. The average molecular weight is 270 g/mol. The number of carbonyl (C=O) groups is 1. The number of carboxylic acid groups (broad SMARTS) is 1. The fraction of sp³-hybridized carbons (Fsp3) is 0.0769. The highest BCUT2D eigenvalue weighted by atomic mass is 16.4. The highest BCUT2D eigenvalue weighted by Gasteiger charge is 2.11. The van der Waals surface area contributed by atoms with E-state index in [-0.39, 0.29) is 5.56 Å². The maximum absolute atomic E-state index is 11.5. The van der Waals surface area contributed by atoms with Gasteiger partial charge in [-0.3, -0.25) is 4.79 Å². The van der Waals surface area contributed by atoms with Crippen LogP contribution in [-0.4, -0.2) is 31.0 Å². The highest BCUT2D eigenvalue weighted by Crippen LogP contribution is 2.11. The third-order valence-electron chi connectivity index (χ3n) is 2.86. The van der Waals surface area contributed by atoms with Crippen molar-refractivity contribution in [3.8, 4) is 0 Å². The number of para-hydroxylation sites is 2. The van der Waals surface area contributed by atoms with Gasteiger partial charge in [0.1, 0.15) is 17.2 Å². The number of fused-ring (bicyclic) bond motifs is 1. The molecule has 0 amide bonds. The average Bonchev–Trinajstić information content (AvgIpc) is 2.80. The fourth-order valence-corrected chi connectivity index (χ4v) is 1.92. The monoisotopic (exact) mass is 270 g/mol. The van der Waals surface area contributed by atoms with Gasteiger partial charge in [0.15, 0.2) is 0 Å². The minimum absolute atomic E-state index is 0.295. The van der Waals surface area contributed by atoms with Crippen molar-refractivity contribution in [1.29, 1.82) is 0 Å². The van der Waals surface area contributed by atoms with Crippen LogP contribution in [-0.2, 0) is 6.42 Å². The number of benzene rings is 1. The molecule has 3 aromatic rings. The Bertz CT molecular complexity index is 817. The van der Waals surface area contributed by atoms with E-state index in [1.165, 1.54) is 0 Å². The number of aromatic amines is 2. The van der Waals surface area contributed by atoms with Crippen LogP contribution in [0.2, 0.25) is 0 Å². The third kappa shape index (κ3) is 2.16. The quantitative estimate of drug-likeness (QED) is 0.655. The predicted molar refractivity (Wildman–Crippen MR) is 70.7 cm³/mol. The van der Waals surface area contributed by atoms with E-state index in [0.717, 1.165) is 17.2 Å². The van der Waals surface area contributed by atoms with E-state index < -0.39 is 11.5 Å². The van der Waals surface area contributed by atoms with Gasteiger partial charge in [0.25, 0.3) is 5.56 Å². The Hall–Kier alpha value is -2.96. The van der Waals surface area contributed by atoms with Crippen LogP contribution in [0.15, 0.2) is 35.3 Å². The summed E-state index contributed by atoms with van der Waals surface area (Å²) < 4.78 is 0. The molecule has 0 saturated carbocycles. The summed E-state index contributed by atoms with van der Waals surface area (Å²) in [6, 6.07) is 7.55. The van der Waals surface area contributed by atoms with E-state index in [9.17, 15) is 9.59 Å². The van der Waals surface area contributed by atoms with Crippen LogP contribution in [0, 0.1) is 0 Å². The van der Waals surface area contributed by atoms with Gasteiger partial charge >= 0.3 is 5.97 Å². The topological polar surface area (TPSA) is 112 Å². The molecule has 7 heteroatoms. The Kier molecular flexibility index (Phi) is 2.79. The summed E-state index contributed by atoms with van der Waals surface area (Å²) in [6.07, 6.45) is 1.35. The minimum Gasteiger partial charge on any atom is -0.477 e. The van der Waals surface area contributed by atoms with E-state index >= 15 is 0 Å². The van der Waals surface area contributed by atoms with Crippen LogP contribution >= 0.6 is 0 Å². The number of carboxylic acids is 1. The zero-order valence-corrected chi connectivity index (χ0v) is 10.3. The third-order valence-corrected chi connectivity index (χ3v) is 2.86. The number of H-pyrrole nitrogens is 2. The van der Waals surface area contributed by atoms with Crippen molar-refractivity contribution >= 4 is 17.0 Å². The second kappa shape index (κ2) is 4.61. The van der Waals surface area contributed by atoms with Gasteiger partial charge in [0.2, 0.25) is 0 Å². The first-order chi connectivity index (χ1) is 9.63. The molecular formula is C13H10N4O3. The number of imidazole rings is 1. The molecule has 0 radical (unpaired) electrons. The van der Waals surface area contributed by atoms with Crippen molar-refractivity contribution in [3.63, 3.8) is 0 Å². The molecule has 100 valence electrons. The van der Waals surface area contributed by atoms with Gasteiger partial charge in [-0.1, -0.05) is 12.1 Å². The van der Waals surface area contributed by atoms with Gasteiger partial charge < -0.3 is 15.1 Å². The molecule has 0 saturated heterocycles. The lowest BCUT2D eigenvalue weighted by molar-refractivity contribution is 0.0694. The molecule has 7 nitrogen and oxygen atoms in total. The van der Waals surface area contributed by atoms with Gasteiger partial charge in [-0.25, -0.2) is 14.8 Å². The van der Waals surface area contributed by atoms with Crippen LogP contribution in [0.25, 0.3) is 11.0 Å². The second-order valence-electron chi connectivity index (χ2n) is 4.26. The van der Waals surface area contributed by atoms with E-state index in [1.807, 2.05) is 24.3 Å². The van der Waals surface area contributed by atoms with Crippen molar-refractivity contribution in [2.45, 2.75) is 6.42 Å². The summed E-state index contributed by atoms with van der Waals surface area (Å²) in [5.41, 5.74) is 0.677. The number of nitrogens with zero attached hydrogens (tertiary/aromatic N) is 2. The molecule has 2 heterocycles. The lowest BCUT2D eigenvalue weighted by Gasteiger charge is -1.98. The first kappa shape index (κ1) is 12.1. The van der Waals surface area contributed by atoms with Gasteiger partial charge in [-0.2, -0.15) is 0 Å². The molecule has 0 spiro atoms. The van der Waals surface area contributed by atoms with Crippen molar-refractivity contribution < 1.29 is 9.90 Å². The lowest BCUT2D eigenvalue weighted by Crippen LogP contribution is -2.20. The Balaban J connectivity index is 1.93. The van der Waals surface area contributed by atoms with Crippen LogP contribution in [0.1, 0.15) is 22.0 Å². The molecule has 0 bridgehead atoms. The lowest BCUT2D eigenvalue weighted by atomic mass is 10.3. The molecule has 20 heavy (non-hydrogen) atoms. The summed E-state index contributed by atoms with van der Waals surface area (Å²) in [6.45, 7) is 0. The Morgan fingerprint density at radius 1 is 1.20 bits per heavy atom. The normalized spacial score (nSPS) is 10.8. The molecule has 3 N–H and O–H groups in total. The molecular weight excluding hydrogens is 260 g/mol. The SMILES string of the molecule is O=C(O)c1cnc(Cc2nc3ccccc3[nH]2)[nH]c1=O. The maximum atomic E-state index is 11.5. The maximum Gasteiger partial charge on any atom is 0.342 e. The first-order valence-electron chi connectivity index (χ1n) is 5.88. The van der Waals surface area contributed by atoms with Crippen molar-refractivity contribution in [2.24, 2.45) is 0 Å². The van der Waals surface area contributed by atoms with E-state index in [4.69, 9.17) is 5.11 Å². The van der Waals surface area contributed by atoms with Crippen LogP contribution in [0.4, 0.5) is 0 Å². The smallest absolute Gasteiger partial charge is 0.342 e. The minimum atomic E-state index is -1.30. The summed E-state index contributed by atoms with van der Waals surface area (Å²) in [5.74, 6) is -0.287. The molecule has 2 aromatic heterocycles. The molecule has 0 aliphatic heterocycles. The number of aromatic carboxylic acids is 1. The second-order valence-corrected chi connectivity index (χ2v) is 4.26. The van der Waals surface area contributed by atoms with Crippen molar-refractivity contribution in [2.75, 3.05) is 0 Å². The Morgan fingerprint density at radius 2 is 2.00 bits per heavy atom. The van der Waals surface area contributed by atoms with Gasteiger partial charge in [0.05, 0.1) is 17.5 Å². The van der Waals surface area contributed by atoms with Crippen LogP contribution in [0.3, 0.4) is 0 Å². The molecule has 0 fully saturated rings. The van der Waals surface area contributed by atoms with Gasteiger partial charge in [-0.05, 0) is 12.1 Å². The Labute approximate surface area is 112 Å².